The van der Waals surface area contributed by atoms with Crippen molar-refractivity contribution in [1.82, 2.24) is 15.1 Å². The van der Waals surface area contributed by atoms with Crippen LogP contribution < -0.4 is 5.32 Å². The maximum absolute atomic E-state index is 5.60. The van der Waals surface area contributed by atoms with Crippen LogP contribution in [0.5, 0.6) is 0 Å². The Morgan fingerprint density at radius 3 is 3.00 bits per heavy atom. The third-order valence-corrected chi connectivity index (χ3v) is 3.52. The fourth-order valence-electron chi connectivity index (χ4n) is 2.45. The van der Waals surface area contributed by atoms with Crippen molar-refractivity contribution in [3.05, 3.63) is 23.7 Å². The van der Waals surface area contributed by atoms with Crippen LogP contribution >= 0.6 is 0 Å². The Bertz CT molecular complexity index is 350. The second-order valence-electron chi connectivity index (χ2n) is 4.98. The highest BCUT2D eigenvalue weighted by Crippen LogP contribution is 2.17. The van der Waals surface area contributed by atoms with Crippen molar-refractivity contribution in [2.45, 2.75) is 26.1 Å². The Morgan fingerprint density at radius 2 is 2.29 bits per heavy atom. The standard InChI is InChI=1S/C13H23N3O/c1-11-9-15(3)5-6-16(11)10-13-12(8-14-2)4-7-17-13/h4,7,11,14H,5-6,8-10H2,1-3H3. The van der Waals surface area contributed by atoms with Gasteiger partial charge in [-0.1, -0.05) is 0 Å². The van der Waals surface area contributed by atoms with E-state index < -0.39 is 0 Å². The summed E-state index contributed by atoms with van der Waals surface area (Å²) in [4.78, 5) is 4.88. The van der Waals surface area contributed by atoms with Crippen molar-refractivity contribution in [3.63, 3.8) is 0 Å². The lowest BCUT2D eigenvalue weighted by molar-refractivity contribution is 0.0871. The molecule has 4 nitrogen and oxygen atoms in total. The van der Waals surface area contributed by atoms with Crippen LogP contribution in [0.3, 0.4) is 0 Å². The van der Waals surface area contributed by atoms with Crippen LogP contribution in [0.1, 0.15) is 18.2 Å². The van der Waals surface area contributed by atoms with Crippen molar-refractivity contribution in [3.8, 4) is 0 Å². The Balaban J connectivity index is 1.97. The molecule has 0 bridgehead atoms. The van der Waals surface area contributed by atoms with Gasteiger partial charge in [0.2, 0.25) is 0 Å². The number of piperazine rings is 1. The molecule has 1 aliphatic heterocycles. The predicted molar refractivity (Wildman–Crippen MR) is 68.8 cm³/mol. The van der Waals surface area contributed by atoms with Crippen LogP contribution in [-0.4, -0.2) is 49.6 Å². The summed E-state index contributed by atoms with van der Waals surface area (Å²) in [6, 6.07) is 2.66. The van der Waals surface area contributed by atoms with E-state index in [2.05, 4.69) is 35.2 Å². The third kappa shape index (κ3) is 3.09. The quantitative estimate of drug-likeness (QED) is 0.851. The first-order chi connectivity index (χ1) is 8.20. The van der Waals surface area contributed by atoms with Gasteiger partial charge in [-0.15, -0.1) is 0 Å². The molecule has 2 heterocycles. The second-order valence-corrected chi connectivity index (χ2v) is 4.98. The van der Waals surface area contributed by atoms with Crippen LogP contribution in [0, 0.1) is 0 Å². The van der Waals surface area contributed by atoms with Crippen LogP contribution in [0.25, 0.3) is 0 Å². The normalized spacial score (nSPS) is 23.1. The third-order valence-electron chi connectivity index (χ3n) is 3.52. The summed E-state index contributed by atoms with van der Waals surface area (Å²) in [7, 11) is 4.16. The van der Waals surface area contributed by atoms with Crippen molar-refractivity contribution >= 4 is 0 Å². The van der Waals surface area contributed by atoms with Gasteiger partial charge in [0, 0.05) is 37.8 Å². The highest BCUT2D eigenvalue weighted by molar-refractivity contribution is 5.17. The molecule has 0 amide bonds. The molecular formula is C13H23N3O. The number of nitrogens with zero attached hydrogens (tertiary/aromatic N) is 2. The van der Waals surface area contributed by atoms with Crippen molar-refractivity contribution in [1.29, 1.82) is 0 Å². The lowest BCUT2D eigenvalue weighted by Gasteiger charge is -2.37. The summed E-state index contributed by atoms with van der Waals surface area (Å²) < 4.78 is 5.60. The Labute approximate surface area is 104 Å². The lowest BCUT2D eigenvalue weighted by Crippen LogP contribution is -2.49. The molecule has 96 valence electrons. The zero-order valence-corrected chi connectivity index (χ0v) is 11.1. The van der Waals surface area contributed by atoms with Gasteiger partial charge in [-0.25, -0.2) is 0 Å². The van der Waals surface area contributed by atoms with Crippen molar-refractivity contribution in [2.75, 3.05) is 33.7 Å². The van der Waals surface area contributed by atoms with Gasteiger partial charge >= 0.3 is 0 Å². The van der Waals surface area contributed by atoms with E-state index in [1.54, 1.807) is 6.26 Å². The number of nitrogens with one attached hydrogen (secondary N) is 1. The average Bonchev–Trinajstić information content (AvgIpc) is 2.71. The van der Waals surface area contributed by atoms with E-state index in [1.807, 2.05) is 7.05 Å². The number of furan rings is 1. The maximum Gasteiger partial charge on any atom is 0.122 e. The predicted octanol–water partition coefficient (Wildman–Crippen LogP) is 1.13. The van der Waals surface area contributed by atoms with E-state index in [9.17, 15) is 0 Å². The molecule has 1 unspecified atom stereocenters. The SMILES string of the molecule is CNCc1ccoc1CN1CCN(C)CC1C. The molecule has 1 aliphatic rings. The average molecular weight is 237 g/mol. The first-order valence-corrected chi connectivity index (χ1v) is 6.33. The molecule has 1 aromatic heterocycles. The molecule has 0 aliphatic carbocycles. The Morgan fingerprint density at radius 1 is 1.47 bits per heavy atom. The van der Waals surface area contributed by atoms with Crippen LogP contribution in [-0.2, 0) is 13.1 Å². The number of likely N-dealkylation sites (N-methyl/N-ethyl adjacent to an activating group) is 1. The summed E-state index contributed by atoms with van der Waals surface area (Å²) in [5, 5.41) is 3.18. The monoisotopic (exact) mass is 237 g/mol. The molecule has 4 heteroatoms. The van der Waals surface area contributed by atoms with Crippen LogP contribution in [0.15, 0.2) is 16.7 Å². The van der Waals surface area contributed by atoms with Gasteiger partial charge in [0.15, 0.2) is 0 Å². The summed E-state index contributed by atoms with van der Waals surface area (Å²) in [5.41, 5.74) is 1.28. The van der Waals surface area contributed by atoms with Gasteiger partial charge in [0.05, 0.1) is 12.8 Å². The van der Waals surface area contributed by atoms with Crippen molar-refractivity contribution < 1.29 is 4.42 Å². The van der Waals surface area contributed by atoms with Crippen LogP contribution in [0.4, 0.5) is 0 Å². The number of hydrogen-bond donors (Lipinski definition) is 1. The minimum absolute atomic E-state index is 0.598. The van der Waals surface area contributed by atoms with Gasteiger partial charge in [0.25, 0.3) is 0 Å². The van der Waals surface area contributed by atoms with Gasteiger partial charge in [-0.2, -0.15) is 0 Å². The van der Waals surface area contributed by atoms with E-state index in [4.69, 9.17) is 4.42 Å². The van der Waals surface area contributed by atoms with E-state index in [0.717, 1.165) is 38.5 Å². The molecule has 0 aromatic carbocycles. The second kappa shape index (κ2) is 5.67. The number of hydrogen-bond acceptors (Lipinski definition) is 4. The smallest absolute Gasteiger partial charge is 0.122 e. The summed E-state index contributed by atoms with van der Waals surface area (Å²) >= 11 is 0. The molecule has 2 rings (SSSR count). The topological polar surface area (TPSA) is 31.7 Å². The van der Waals surface area contributed by atoms with E-state index >= 15 is 0 Å². The summed E-state index contributed by atoms with van der Waals surface area (Å²) in [5.74, 6) is 1.11. The van der Waals surface area contributed by atoms with Gasteiger partial charge in [-0.05, 0) is 27.1 Å². The van der Waals surface area contributed by atoms with E-state index in [-0.39, 0.29) is 0 Å². The fraction of sp³-hybridized carbons (Fsp3) is 0.692. The highest BCUT2D eigenvalue weighted by Gasteiger charge is 2.22. The molecule has 1 fully saturated rings. The maximum atomic E-state index is 5.60. The van der Waals surface area contributed by atoms with Gasteiger partial charge < -0.3 is 14.6 Å². The van der Waals surface area contributed by atoms with Gasteiger partial charge in [-0.3, -0.25) is 4.90 Å². The molecule has 1 aromatic rings. The molecule has 0 radical (unpaired) electrons. The van der Waals surface area contributed by atoms with Crippen molar-refractivity contribution in [2.24, 2.45) is 0 Å². The van der Waals surface area contributed by atoms with E-state index in [0.29, 0.717) is 6.04 Å². The van der Waals surface area contributed by atoms with Crippen LogP contribution in [0.2, 0.25) is 0 Å². The minimum Gasteiger partial charge on any atom is -0.468 e. The summed E-state index contributed by atoms with van der Waals surface area (Å²) in [6.45, 7) is 7.51. The highest BCUT2D eigenvalue weighted by atomic mass is 16.3. The molecule has 17 heavy (non-hydrogen) atoms. The lowest BCUT2D eigenvalue weighted by atomic mass is 10.1. The molecule has 1 N–H and O–H groups in total. The molecule has 1 atom stereocenters. The van der Waals surface area contributed by atoms with E-state index in [1.165, 1.54) is 5.56 Å². The molecule has 0 spiro atoms. The molecule has 0 saturated carbocycles. The molecule has 1 saturated heterocycles. The zero-order valence-electron chi connectivity index (χ0n) is 11.1. The zero-order chi connectivity index (χ0) is 12.3. The first kappa shape index (κ1) is 12.6. The molecular weight excluding hydrogens is 214 g/mol. The fourth-order valence-corrected chi connectivity index (χ4v) is 2.45. The Hall–Kier alpha value is -0.840. The number of rotatable bonds is 4. The minimum atomic E-state index is 0.598. The largest absolute Gasteiger partial charge is 0.468 e. The first-order valence-electron chi connectivity index (χ1n) is 6.33. The Kier molecular flexibility index (Phi) is 4.20. The summed E-state index contributed by atoms with van der Waals surface area (Å²) in [6.07, 6.45) is 1.79. The van der Waals surface area contributed by atoms with Gasteiger partial charge in [0.1, 0.15) is 5.76 Å².